The molecule has 0 bridgehead atoms. The van der Waals surface area contributed by atoms with E-state index in [1.165, 1.54) is 16.5 Å². The number of hydrogen-bond donors (Lipinski definition) is 0. The first-order valence-electron chi connectivity index (χ1n) is 3.78. The predicted molar refractivity (Wildman–Crippen MR) is 63.7 cm³/mol. The number of benzene rings is 1. The molecule has 1 heterocycles. The lowest BCUT2D eigenvalue weighted by Crippen LogP contribution is -1.88. The smallest absolute Gasteiger partial charge is 0.0682 e. The largest absolute Gasteiger partial charge is 0.268 e. The van der Waals surface area contributed by atoms with Crippen molar-refractivity contribution < 1.29 is 0 Å². The van der Waals surface area contributed by atoms with Crippen LogP contribution in [0.25, 0.3) is 10.9 Å². The molecule has 0 N–H and O–H groups in total. The van der Waals surface area contributed by atoms with Gasteiger partial charge in [-0.15, -0.1) is 17.0 Å². The minimum Gasteiger partial charge on any atom is -0.268 e. The van der Waals surface area contributed by atoms with Crippen LogP contribution in [0, 0.1) is 0 Å². The van der Waals surface area contributed by atoms with E-state index in [1.54, 1.807) is 0 Å². The molecular weight excluding hydrogens is 296 g/mol. The van der Waals surface area contributed by atoms with E-state index in [-0.39, 0.29) is 17.0 Å². The van der Waals surface area contributed by atoms with E-state index in [0.717, 1.165) is 5.33 Å². The van der Waals surface area contributed by atoms with Crippen molar-refractivity contribution in [3.05, 3.63) is 30.0 Å². The molecule has 0 aliphatic carbocycles. The lowest BCUT2D eigenvalue weighted by Gasteiger charge is -1.97. The lowest BCUT2D eigenvalue weighted by atomic mass is 10.1. The zero-order valence-electron chi connectivity index (χ0n) is 7.20. The molecule has 0 spiro atoms. The number of hydrogen-bond acceptors (Lipinski definition) is 1. The Morgan fingerprint density at radius 2 is 2.23 bits per heavy atom. The molecule has 2 rings (SSSR count). The van der Waals surface area contributed by atoms with Crippen molar-refractivity contribution in [3.63, 3.8) is 0 Å². The van der Waals surface area contributed by atoms with E-state index in [1.807, 2.05) is 17.9 Å². The van der Waals surface area contributed by atoms with Crippen LogP contribution in [0.4, 0.5) is 0 Å². The van der Waals surface area contributed by atoms with Gasteiger partial charge in [-0.25, -0.2) is 0 Å². The van der Waals surface area contributed by atoms with Gasteiger partial charge in [0, 0.05) is 17.8 Å². The standard InChI is InChI=1S/C9H9BrN2.BrH/c1-12-9-4-2-3-7(5-10)8(9)6-11-12;/h2-4,6H,5H2,1H3;1H. The van der Waals surface area contributed by atoms with Gasteiger partial charge in [-0.05, 0) is 11.6 Å². The molecular formula is C9H10Br2N2. The molecule has 4 heteroatoms. The Bertz CT molecular complexity index is 409. The second-order valence-electron chi connectivity index (χ2n) is 2.75. The van der Waals surface area contributed by atoms with E-state index in [2.05, 4.69) is 39.2 Å². The molecule has 1 aromatic heterocycles. The maximum Gasteiger partial charge on any atom is 0.0682 e. The predicted octanol–water partition coefficient (Wildman–Crippen LogP) is 3.05. The molecule has 1 aromatic carbocycles. The SMILES string of the molecule is Br.Cn1ncc2c(CBr)cccc21. The van der Waals surface area contributed by atoms with Gasteiger partial charge in [0.1, 0.15) is 0 Å². The summed E-state index contributed by atoms with van der Waals surface area (Å²) in [5.41, 5.74) is 2.48. The van der Waals surface area contributed by atoms with E-state index < -0.39 is 0 Å². The Hall–Kier alpha value is -0.350. The van der Waals surface area contributed by atoms with Gasteiger partial charge in [-0.2, -0.15) is 5.10 Å². The highest BCUT2D eigenvalue weighted by molar-refractivity contribution is 9.08. The van der Waals surface area contributed by atoms with E-state index in [4.69, 9.17) is 0 Å². The van der Waals surface area contributed by atoms with Crippen LogP contribution in [0.5, 0.6) is 0 Å². The van der Waals surface area contributed by atoms with E-state index >= 15 is 0 Å². The van der Waals surface area contributed by atoms with Gasteiger partial charge in [-0.3, -0.25) is 4.68 Å². The molecule has 0 aliphatic heterocycles. The first-order chi connectivity index (χ1) is 5.83. The summed E-state index contributed by atoms with van der Waals surface area (Å²) in [4.78, 5) is 0. The van der Waals surface area contributed by atoms with Crippen LogP contribution >= 0.6 is 32.9 Å². The summed E-state index contributed by atoms with van der Waals surface area (Å²) >= 11 is 3.45. The van der Waals surface area contributed by atoms with Crippen molar-refractivity contribution in [1.29, 1.82) is 0 Å². The summed E-state index contributed by atoms with van der Waals surface area (Å²) in [6.07, 6.45) is 1.91. The fourth-order valence-electron chi connectivity index (χ4n) is 1.35. The van der Waals surface area contributed by atoms with Gasteiger partial charge in [0.05, 0.1) is 11.7 Å². The number of halogens is 2. The highest BCUT2D eigenvalue weighted by Crippen LogP contribution is 2.19. The molecule has 0 fully saturated rings. The molecule has 0 atom stereocenters. The molecule has 0 radical (unpaired) electrons. The van der Waals surface area contributed by atoms with Crippen molar-refractivity contribution in [2.45, 2.75) is 5.33 Å². The van der Waals surface area contributed by atoms with Crippen molar-refractivity contribution >= 4 is 43.8 Å². The molecule has 0 aliphatic rings. The van der Waals surface area contributed by atoms with Crippen molar-refractivity contribution in [1.82, 2.24) is 9.78 Å². The van der Waals surface area contributed by atoms with Gasteiger partial charge in [-0.1, -0.05) is 28.1 Å². The maximum absolute atomic E-state index is 4.20. The molecule has 70 valence electrons. The second kappa shape index (κ2) is 4.24. The van der Waals surface area contributed by atoms with Gasteiger partial charge in [0.25, 0.3) is 0 Å². The number of fused-ring (bicyclic) bond motifs is 1. The summed E-state index contributed by atoms with van der Waals surface area (Å²) in [6, 6.07) is 6.24. The first-order valence-corrected chi connectivity index (χ1v) is 4.90. The third-order valence-corrected chi connectivity index (χ3v) is 2.63. The Balaban J connectivity index is 0.000000845. The van der Waals surface area contributed by atoms with Crippen LogP contribution in [0.3, 0.4) is 0 Å². The minimum absolute atomic E-state index is 0. The Labute approximate surface area is 95.8 Å². The third kappa shape index (κ3) is 1.79. The summed E-state index contributed by atoms with van der Waals surface area (Å²) in [5, 5.41) is 6.32. The van der Waals surface area contributed by atoms with Crippen LogP contribution in [-0.2, 0) is 12.4 Å². The lowest BCUT2D eigenvalue weighted by molar-refractivity contribution is 0.797. The molecule has 2 aromatic rings. The van der Waals surface area contributed by atoms with Crippen molar-refractivity contribution in [2.75, 3.05) is 0 Å². The number of nitrogens with zero attached hydrogens (tertiary/aromatic N) is 2. The van der Waals surface area contributed by atoms with Gasteiger partial charge in [0.2, 0.25) is 0 Å². The van der Waals surface area contributed by atoms with Crippen LogP contribution < -0.4 is 0 Å². The average molecular weight is 306 g/mol. The Kier molecular flexibility index (Phi) is 3.50. The zero-order chi connectivity index (χ0) is 8.55. The normalized spacial score (nSPS) is 10.0. The fourth-order valence-corrected chi connectivity index (χ4v) is 1.84. The fraction of sp³-hybridized carbons (Fsp3) is 0.222. The van der Waals surface area contributed by atoms with Crippen LogP contribution in [0.1, 0.15) is 5.56 Å². The summed E-state index contributed by atoms with van der Waals surface area (Å²) in [6.45, 7) is 0. The summed E-state index contributed by atoms with van der Waals surface area (Å²) in [7, 11) is 1.96. The number of aryl methyl sites for hydroxylation is 1. The first kappa shape index (κ1) is 10.7. The molecule has 0 saturated heterocycles. The van der Waals surface area contributed by atoms with Crippen LogP contribution in [-0.4, -0.2) is 9.78 Å². The Morgan fingerprint density at radius 1 is 1.46 bits per heavy atom. The number of aromatic nitrogens is 2. The van der Waals surface area contributed by atoms with Gasteiger partial charge >= 0.3 is 0 Å². The maximum atomic E-state index is 4.20. The zero-order valence-corrected chi connectivity index (χ0v) is 10.5. The average Bonchev–Trinajstić information content (AvgIpc) is 2.48. The van der Waals surface area contributed by atoms with Crippen LogP contribution in [0.2, 0.25) is 0 Å². The number of rotatable bonds is 1. The van der Waals surface area contributed by atoms with Gasteiger partial charge < -0.3 is 0 Å². The third-order valence-electron chi connectivity index (χ3n) is 2.03. The van der Waals surface area contributed by atoms with Gasteiger partial charge in [0.15, 0.2) is 0 Å². The molecule has 0 saturated carbocycles. The monoisotopic (exact) mass is 304 g/mol. The minimum atomic E-state index is 0. The molecule has 13 heavy (non-hydrogen) atoms. The molecule has 0 amide bonds. The second-order valence-corrected chi connectivity index (χ2v) is 3.31. The van der Waals surface area contributed by atoms with E-state index in [9.17, 15) is 0 Å². The van der Waals surface area contributed by atoms with E-state index in [0.29, 0.717) is 0 Å². The van der Waals surface area contributed by atoms with Crippen LogP contribution in [0.15, 0.2) is 24.4 Å². The topological polar surface area (TPSA) is 17.8 Å². The molecule has 2 nitrogen and oxygen atoms in total. The van der Waals surface area contributed by atoms with Crippen molar-refractivity contribution in [2.24, 2.45) is 7.05 Å². The molecule has 0 unspecified atom stereocenters. The van der Waals surface area contributed by atoms with Crippen molar-refractivity contribution in [3.8, 4) is 0 Å². The highest BCUT2D eigenvalue weighted by atomic mass is 79.9. The summed E-state index contributed by atoms with van der Waals surface area (Å²) in [5.74, 6) is 0. The summed E-state index contributed by atoms with van der Waals surface area (Å²) < 4.78 is 1.89. The Morgan fingerprint density at radius 3 is 2.92 bits per heavy atom. The highest BCUT2D eigenvalue weighted by Gasteiger charge is 2.02. The number of alkyl halides is 1. The quantitative estimate of drug-likeness (QED) is 0.741.